The van der Waals surface area contributed by atoms with Crippen LogP contribution in [0.1, 0.15) is 46.0 Å². The van der Waals surface area contributed by atoms with Crippen LogP contribution in [0.4, 0.5) is 0 Å². The second kappa shape index (κ2) is 9.34. The number of hydrogen-bond acceptors (Lipinski definition) is 4. The lowest BCUT2D eigenvalue weighted by atomic mass is 10.0. The number of nitrogens with zero attached hydrogens (tertiary/aromatic N) is 3. The van der Waals surface area contributed by atoms with Gasteiger partial charge in [0.05, 0.1) is 11.1 Å². The SMILES string of the molecule is CCCC(=O)N1CCN(C(=O)C(Cc2ccccc2)N2C(=O)c3ccccc3C2=O)CC1. The molecule has 0 radical (unpaired) electrons. The fourth-order valence-corrected chi connectivity index (χ4v) is 4.38. The molecule has 1 unspecified atom stereocenters. The molecular formula is C25H27N3O4. The molecule has 0 aromatic heterocycles. The molecule has 32 heavy (non-hydrogen) atoms. The molecule has 4 amide bonds. The van der Waals surface area contributed by atoms with Crippen molar-refractivity contribution in [1.29, 1.82) is 0 Å². The number of amides is 4. The molecular weight excluding hydrogens is 406 g/mol. The highest BCUT2D eigenvalue weighted by atomic mass is 16.2. The Balaban J connectivity index is 1.57. The van der Waals surface area contributed by atoms with Crippen molar-refractivity contribution in [1.82, 2.24) is 14.7 Å². The quantitative estimate of drug-likeness (QED) is 0.656. The topological polar surface area (TPSA) is 78.0 Å². The highest BCUT2D eigenvalue weighted by Gasteiger charge is 2.44. The van der Waals surface area contributed by atoms with Gasteiger partial charge in [0.1, 0.15) is 6.04 Å². The fraction of sp³-hybridized carbons (Fsp3) is 0.360. The minimum Gasteiger partial charge on any atom is -0.339 e. The van der Waals surface area contributed by atoms with E-state index in [9.17, 15) is 19.2 Å². The molecule has 1 atom stereocenters. The zero-order valence-electron chi connectivity index (χ0n) is 18.2. The van der Waals surface area contributed by atoms with Gasteiger partial charge in [-0.2, -0.15) is 0 Å². The second-order valence-electron chi connectivity index (χ2n) is 8.19. The first-order chi connectivity index (χ1) is 15.5. The molecule has 2 heterocycles. The van der Waals surface area contributed by atoms with Gasteiger partial charge in [0.25, 0.3) is 11.8 Å². The zero-order chi connectivity index (χ0) is 22.7. The summed E-state index contributed by atoms with van der Waals surface area (Å²) in [5, 5.41) is 0. The van der Waals surface area contributed by atoms with Gasteiger partial charge in [-0.25, -0.2) is 0 Å². The van der Waals surface area contributed by atoms with Crippen molar-refractivity contribution in [3.8, 4) is 0 Å². The maximum Gasteiger partial charge on any atom is 0.262 e. The van der Waals surface area contributed by atoms with Gasteiger partial charge in [0.2, 0.25) is 11.8 Å². The Morgan fingerprint density at radius 3 is 1.91 bits per heavy atom. The van der Waals surface area contributed by atoms with Crippen LogP contribution in [0.5, 0.6) is 0 Å². The monoisotopic (exact) mass is 433 g/mol. The highest BCUT2D eigenvalue weighted by molar-refractivity contribution is 6.22. The van der Waals surface area contributed by atoms with Crippen LogP contribution in [0.15, 0.2) is 54.6 Å². The zero-order valence-corrected chi connectivity index (χ0v) is 18.2. The van der Waals surface area contributed by atoms with Gasteiger partial charge in [-0.1, -0.05) is 49.4 Å². The summed E-state index contributed by atoms with van der Waals surface area (Å²) in [6.07, 6.45) is 1.54. The van der Waals surface area contributed by atoms with Gasteiger partial charge in [0, 0.05) is 39.0 Å². The van der Waals surface area contributed by atoms with Gasteiger partial charge < -0.3 is 9.80 Å². The summed E-state index contributed by atoms with van der Waals surface area (Å²) < 4.78 is 0. The normalized spacial score (nSPS) is 16.8. The molecule has 2 aliphatic heterocycles. The van der Waals surface area contributed by atoms with Gasteiger partial charge in [-0.3, -0.25) is 24.1 Å². The Morgan fingerprint density at radius 2 is 1.34 bits per heavy atom. The van der Waals surface area contributed by atoms with Crippen molar-refractivity contribution in [2.24, 2.45) is 0 Å². The van der Waals surface area contributed by atoms with E-state index < -0.39 is 17.9 Å². The highest BCUT2D eigenvalue weighted by Crippen LogP contribution is 2.27. The number of imide groups is 1. The predicted octanol–water partition coefficient (Wildman–Crippen LogP) is 2.36. The first kappa shape index (κ1) is 21.7. The molecule has 166 valence electrons. The van der Waals surface area contributed by atoms with Crippen molar-refractivity contribution in [3.63, 3.8) is 0 Å². The molecule has 1 fully saturated rings. The average Bonchev–Trinajstić information content (AvgIpc) is 3.08. The lowest BCUT2D eigenvalue weighted by Crippen LogP contribution is -2.57. The number of fused-ring (bicyclic) bond motifs is 1. The Kier molecular flexibility index (Phi) is 6.35. The van der Waals surface area contributed by atoms with E-state index in [1.807, 2.05) is 37.3 Å². The molecule has 4 rings (SSSR count). The molecule has 2 aromatic rings. The van der Waals surface area contributed by atoms with E-state index >= 15 is 0 Å². The van der Waals surface area contributed by atoms with E-state index in [0.717, 1.165) is 16.9 Å². The lowest BCUT2D eigenvalue weighted by Gasteiger charge is -2.38. The number of carbonyl (C=O) groups is 4. The molecule has 2 aromatic carbocycles. The maximum absolute atomic E-state index is 13.6. The molecule has 2 aliphatic rings. The van der Waals surface area contributed by atoms with Crippen molar-refractivity contribution in [2.75, 3.05) is 26.2 Å². The smallest absolute Gasteiger partial charge is 0.262 e. The summed E-state index contributed by atoms with van der Waals surface area (Å²) in [5.41, 5.74) is 1.54. The van der Waals surface area contributed by atoms with Crippen LogP contribution in [-0.2, 0) is 16.0 Å². The summed E-state index contributed by atoms with van der Waals surface area (Å²) in [4.78, 5) is 56.6. The molecule has 0 bridgehead atoms. The Morgan fingerprint density at radius 1 is 0.812 bits per heavy atom. The number of hydrogen-bond donors (Lipinski definition) is 0. The van der Waals surface area contributed by atoms with Gasteiger partial charge in [-0.15, -0.1) is 0 Å². The first-order valence-electron chi connectivity index (χ1n) is 11.1. The van der Waals surface area contributed by atoms with Crippen LogP contribution in [0.25, 0.3) is 0 Å². The number of piperazine rings is 1. The Bertz CT molecular complexity index is 993. The van der Waals surface area contributed by atoms with Crippen LogP contribution in [-0.4, -0.2) is 70.5 Å². The average molecular weight is 434 g/mol. The van der Waals surface area contributed by atoms with E-state index in [1.165, 1.54) is 0 Å². The van der Waals surface area contributed by atoms with Crippen molar-refractivity contribution >= 4 is 23.6 Å². The summed E-state index contributed by atoms with van der Waals surface area (Å²) in [6.45, 7) is 3.68. The second-order valence-corrected chi connectivity index (χ2v) is 8.19. The molecule has 1 saturated heterocycles. The van der Waals surface area contributed by atoms with E-state index in [4.69, 9.17) is 0 Å². The molecule has 0 N–H and O–H groups in total. The molecule has 0 saturated carbocycles. The van der Waals surface area contributed by atoms with Crippen LogP contribution in [0.2, 0.25) is 0 Å². The standard InChI is InChI=1S/C25H27N3O4/c1-2-8-22(29)26-13-15-27(16-14-26)25(32)21(17-18-9-4-3-5-10-18)28-23(30)19-11-6-7-12-20(19)24(28)31/h3-7,9-12,21H,2,8,13-17H2,1H3. The van der Waals surface area contributed by atoms with Crippen molar-refractivity contribution < 1.29 is 19.2 Å². The predicted molar refractivity (Wildman–Crippen MR) is 119 cm³/mol. The van der Waals surface area contributed by atoms with E-state index in [1.54, 1.807) is 34.1 Å². The molecule has 0 aliphatic carbocycles. The van der Waals surface area contributed by atoms with Crippen LogP contribution in [0, 0.1) is 0 Å². The third-order valence-corrected chi connectivity index (χ3v) is 6.10. The van der Waals surface area contributed by atoms with Crippen LogP contribution >= 0.6 is 0 Å². The van der Waals surface area contributed by atoms with Gasteiger partial charge >= 0.3 is 0 Å². The summed E-state index contributed by atoms with van der Waals surface area (Å²) in [5.74, 6) is -1.03. The lowest BCUT2D eigenvalue weighted by molar-refractivity contribution is -0.142. The van der Waals surface area contributed by atoms with E-state index in [-0.39, 0.29) is 18.2 Å². The molecule has 7 nitrogen and oxygen atoms in total. The number of carbonyl (C=O) groups excluding carboxylic acids is 4. The van der Waals surface area contributed by atoms with Crippen molar-refractivity contribution in [3.05, 3.63) is 71.3 Å². The van der Waals surface area contributed by atoms with Crippen LogP contribution < -0.4 is 0 Å². The third kappa shape index (κ3) is 4.15. The largest absolute Gasteiger partial charge is 0.339 e. The third-order valence-electron chi connectivity index (χ3n) is 6.10. The summed E-state index contributed by atoms with van der Waals surface area (Å²) in [6, 6.07) is 15.2. The first-order valence-corrected chi connectivity index (χ1v) is 11.1. The van der Waals surface area contributed by atoms with E-state index in [0.29, 0.717) is 43.7 Å². The Labute approximate surface area is 187 Å². The summed E-state index contributed by atoms with van der Waals surface area (Å²) >= 11 is 0. The molecule has 0 spiro atoms. The minimum absolute atomic E-state index is 0.0979. The van der Waals surface area contributed by atoms with Crippen molar-refractivity contribution in [2.45, 2.75) is 32.2 Å². The van der Waals surface area contributed by atoms with E-state index in [2.05, 4.69) is 0 Å². The number of benzene rings is 2. The Hall–Kier alpha value is -3.48. The maximum atomic E-state index is 13.6. The molecule has 7 heteroatoms. The van der Waals surface area contributed by atoms with Crippen LogP contribution in [0.3, 0.4) is 0 Å². The fourth-order valence-electron chi connectivity index (χ4n) is 4.38. The van der Waals surface area contributed by atoms with Gasteiger partial charge in [-0.05, 0) is 24.1 Å². The van der Waals surface area contributed by atoms with Gasteiger partial charge in [0.15, 0.2) is 0 Å². The summed E-state index contributed by atoms with van der Waals surface area (Å²) in [7, 11) is 0. The minimum atomic E-state index is -0.928. The number of rotatable bonds is 6.